The minimum absolute atomic E-state index is 0.195. The third-order valence-electron chi connectivity index (χ3n) is 7.70. The fourth-order valence-electron chi connectivity index (χ4n) is 5.47. The zero-order chi connectivity index (χ0) is 27.8. The molecule has 2 aromatic heterocycles. The highest BCUT2D eigenvalue weighted by Crippen LogP contribution is 2.30. The molecule has 2 amide bonds. The second-order valence-electron chi connectivity index (χ2n) is 10.5. The largest absolute Gasteiger partial charge is 0.350 e. The number of fused-ring (bicyclic) bond motifs is 2. The van der Waals surface area contributed by atoms with Gasteiger partial charge in [0.15, 0.2) is 5.69 Å². The molecule has 3 heterocycles. The second kappa shape index (κ2) is 10.6. The van der Waals surface area contributed by atoms with Crippen LogP contribution in [0.5, 0.6) is 0 Å². The monoisotopic (exact) mass is 538 g/mol. The van der Waals surface area contributed by atoms with Crippen molar-refractivity contribution in [1.29, 1.82) is 0 Å². The van der Waals surface area contributed by atoms with Gasteiger partial charge in [-0.3, -0.25) is 19.6 Å². The van der Waals surface area contributed by atoms with E-state index in [0.29, 0.717) is 23.5 Å². The molecule has 6 rings (SSSR count). The smallest absolute Gasteiger partial charge is 0.273 e. The van der Waals surface area contributed by atoms with Crippen LogP contribution < -0.4 is 10.6 Å². The highest BCUT2D eigenvalue weighted by atomic mass is 19.1. The van der Waals surface area contributed by atoms with Crippen LogP contribution >= 0.6 is 0 Å². The van der Waals surface area contributed by atoms with Gasteiger partial charge in [-0.1, -0.05) is 24.3 Å². The molecule has 40 heavy (non-hydrogen) atoms. The minimum atomic E-state index is -0.355. The number of hydrogen-bond donors (Lipinski definition) is 3. The molecule has 1 saturated heterocycles. The summed E-state index contributed by atoms with van der Waals surface area (Å²) in [5.74, 6) is -0.759. The Bertz CT molecular complexity index is 1730. The number of nitrogens with zero attached hydrogens (tertiary/aromatic N) is 3. The lowest BCUT2D eigenvalue weighted by molar-refractivity contribution is 0.0922. The Morgan fingerprint density at radius 1 is 1.00 bits per heavy atom. The first-order valence-electron chi connectivity index (χ1n) is 13.5. The lowest BCUT2D eigenvalue weighted by Crippen LogP contribution is -2.36. The van der Waals surface area contributed by atoms with E-state index in [4.69, 9.17) is 0 Å². The molecule has 9 heteroatoms. The van der Waals surface area contributed by atoms with Gasteiger partial charge in [-0.2, -0.15) is 5.10 Å². The summed E-state index contributed by atoms with van der Waals surface area (Å²) in [7, 11) is 1.90. The van der Waals surface area contributed by atoms with E-state index in [0.717, 1.165) is 46.0 Å². The summed E-state index contributed by atoms with van der Waals surface area (Å²) in [4.78, 5) is 28.3. The molecule has 204 valence electrons. The van der Waals surface area contributed by atoms with Crippen molar-refractivity contribution in [3.8, 4) is 11.1 Å². The Hall–Kier alpha value is -4.50. The fourth-order valence-corrected chi connectivity index (χ4v) is 5.47. The van der Waals surface area contributed by atoms with Crippen molar-refractivity contribution in [2.45, 2.75) is 25.8 Å². The van der Waals surface area contributed by atoms with Crippen molar-refractivity contribution in [2.24, 2.45) is 7.05 Å². The summed E-state index contributed by atoms with van der Waals surface area (Å²) in [6, 6.07) is 17.7. The van der Waals surface area contributed by atoms with Crippen LogP contribution in [0.2, 0.25) is 0 Å². The Kier molecular flexibility index (Phi) is 6.81. The number of aromatic amines is 1. The number of carbonyl (C=O) groups excluding carboxylic acids is 2. The average Bonchev–Trinajstić information content (AvgIpc) is 3.70. The lowest BCUT2D eigenvalue weighted by Gasteiger charge is -2.14. The van der Waals surface area contributed by atoms with E-state index in [1.54, 1.807) is 12.1 Å². The Labute approximate surface area is 231 Å². The zero-order valence-electron chi connectivity index (χ0n) is 22.5. The second-order valence-corrected chi connectivity index (χ2v) is 10.5. The Morgan fingerprint density at radius 2 is 1.77 bits per heavy atom. The highest BCUT2D eigenvalue weighted by Gasteiger charge is 2.19. The third kappa shape index (κ3) is 4.96. The number of amides is 2. The van der Waals surface area contributed by atoms with E-state index in [1.807, 2.05) is 61.1 Å². The molecule has 3 aromatic carbocycles. The van der Waals surface area contributed by atoms with Gasteiger partial charge in [0.2, 0.25) is 0 Å². The Morgan fingerprint density at radius 3 is 2.58 bits per heavy atom. The van der Waals surface area contributed by atoms with Gasteiger partial charge < -0.3 is 15.2 Å². The van der Waals surface area contributed by atoms with Gasteiger partial charge in [0, 0.05) is 29.5 Å². The number of rotatable bonds is 7. The Balaban J connectivity index is 1.25. The highest BCUT2D eigenvalue weighted by molar-refractivity contribution is 6.08. The van der Waals surface area contributed by atoms with Crippen molar-refractivity contribution in [1.82, 2.24) is 30.3 Å². The van der Waals surface area contributed by atoms with E-state index in [9.17, 15) is 14.0 Å². The number of aryl methyl sites for hydroxylation is 1. The van der Waals surface area contributed by atoms with Crippen LogP contribution in [-0.2, 0) is 7.05 Å². The topological polar surface area (TPSA) is 95.1 Å². The van der Waals surface area contributed by atoms with Crippen LogP contribution in [0.1, 0.15) is 52.2 Å². The maximum absolute atomic E-state index is 13.7. The molecule has 0 unspecified atom stereocenters. The standard InChI is InChI=1S/C31H31FN6O2/c1-19(20-6-5-7-23(32)14-20)34-30(39)26-17-37(2)28-11-9-21(15-25(26)28)22-8-10-24-27(16-22)35-36-29(24)31(40)33-18-38-12-3-4-13-38/h5-11,14-17,19H,3-4,12-13,18H2,1-2H3,(H,33,40)(H,34,39)(H,35,36)/t19-/m0/s1. The van der Waals surface area contributed by atoms with Gasteiger partial charge in [-0.15, -0.1) is 0 Å². The van der Waals surface area contributed by atoms with Crippen LogP contribution in [0.3, 0.4) is 0 Å². The zero-order valence-corrected chi connectivity index (χ0v) is 22.5. The van der Waals surface area contributed by atoms with E-state index < -0.39 is 0 Å². The molecule has 1 fully saturated rings. The first-order chi connectivity index (χ1) is 19.4. The van der Waals surface area contributed by atoms with Crippen molar-refractivity contribution in [2.75, 3.05) is 19.8 Å². The summed E-state index contributed by atoms with van der Waals surface area (Å²) in [5, 5.41) is 14.8. The van der Waals surface area contributed by atoms with Gasteiger partial charge in [-0.25, -0.2) is 4.39 Å². The van der Waals surface area contributed by atoms with Crippen LogP contribution in [0.25, 0.3) is 32.9 Å². The summed E-state index contributed by atoms with van der Waals surface area (Å²) >= 11 is 0. The SMILES string of the molecule is C[C@H](NC(=O)c1cn(C)c2ccc(-c3ccc4c(C(=O)NCN5CCCC5)n[nH]c4c3)cc12)c1cccc(F)c1. The molecule has 0 saturated carbocycles. The first-order valence-corrected chi connectivity index (χ1v) is 13.5. The molecule has 1 aliphatic heterocycles. The predicted octanol–water partition coefficient (Wildman–Crippen LogP) is 5.13. The summed E-state index contributed by atoms with van der Waals surface area (Å²) < 4.78 is 15.6. The van der Waals surface area contributed by atoms with Crippen LogP contribution in [0.4, 0.5) is 4.39 Å². The van der Waals surface area contributed by atoms with Crippen LogP contribution in [0.15, 0.2) is 66.9 Å². The van der Waals surface area contributed by atoms with E-state index in [2.05, 4.69) is 25.7 Å². The van der Waals surface area contributed by atoms with Crippen molar-refractivity contribution >= 4 is 33.6 Å². The number of benzene rings is 3. The molecule has 1 atom stereocenters. The molecule has 0 spiro atoms. The van der Waals surface area contributed by atoms with Gasteiger partial charge in [0.05, 0.1) is 23.8 Å². The molecule has 0 bridgehead atoms. The number of hydrogen-bond acceptors (Lipinski definition) is 4. The third-order valence-corrected chi connectivity index (χ3v) is 7.70. The van der Waals surface area contributed by atoms with E-state index in [-0.39, 0.29) is 23.7 Å². The molecule has 8 nitrogen and oxygen atoms in total. The molecule has 0 radical (unpaired) electrons. The lowest BCUT2D eigenvalue weighted by atomic mass is 10.0. The molecule has 0 aliphatic carbocycles. The maximum atomic E-state index is 13.7. The number of likely N-dealkylation sites (tertiary alicyclic amines) is 1. The van der Waals surface area contributed by atoms with E-state index in [1.165, 1.54) is 25.0 Å². The average molecular weight is 539 g/mol. The predicted molar refractivity (Wildman–Crippen MR) is 153 cm³/mol. The quantitative estimate of drug-likeness (QED) is 0.268. The number of halogens is 1. The fraction of sp³-hybridized carbons (Fsp3) is 0.258. The number of aromatic nitrogens is 3. The van der Waals surface area contributed by atoms with Gasteiger partial charge in [-0.05, 0) is 85.9 Å². The number of nitrogens with one attached hydrogen (secondary N) is 3. The number of carbonyl (C=O) groups is 2. The van der Waals surface area contributed by atoms with E-state index >= 15 is 0 Å². The van der Waals surface area contributed by atoms with Crippen molar-refractivity contribution < 1.29 is 14.0 Å². The van der Waals surface area contributed by atoms with Crippen molar-refractivity contribution in [3.05, 3.63) is 89.5 Å². The molecular formula is C31H31FN6O2. The first kappa shape index (κ1) is 25.8. The van der Waals surface area contributed by atoms with Crippen molar-refractivity contribution in [3.63, 3.8) is 0 Å². The minimum Gasteiger partial charge on any atom is -0.350 e. The number of H-pyrrole nitrogens is 1. The summed E-state index contributed by atoms with van der Waals surface area (Å²) in [5.41, 5.74) is 5.18. The van der Waals surface area contributed by atoms with Gasteiger partial charge in [0.1, 0.15) is 5.82 Å². The maximum Gasteiger partial charge on any atom is 0.273 e. The van der Waals surface area contributed by atoms with Gasteiger partial charge in [0.25, 0.3) is 11.8 Å². The van der Waals surface area contributed by atoms with Crippen LogP contribution in [-0.4, -0.2) is 51.2 Å². The normalized spacial score (nSPS) is 14.6. The molecule has 3 N–H and O–H groups in total. The van der Waals surface area contributed by atoms with Crippen LogP contribution in [0, 0.1) is 5.82 Å². The summed E-state index contributed by atoms with van der Waals surface area (Å²) in [6.07, 6.45) is 4.14. The molecule has 5 aromatic rings. The van der Waals surface area contributed by atoms with Gasteiger partial charge >= 0.3 is 0 Å². The molecule has 1 aliphatic rings. The summed E-state index contributed by atoms with van der Waals surface area (Å²) in [6.45, 7) is 4.38. The molecular weight excluding hydrogens is 507 g/mol.